The highest BCUT2D eigenvalue weighted by Crippen LogP contribution is 2.34. The molecule has 1 heterocycles. The van der Waals surface area contributed by atoms with Crippen LogP contribution in [0.1, 0.15) is 11.1 Å². The second kappa shape index (κ2) is 5.30. The van der Waals surface area contributed by atoms with Gasteiger partial charge in [-0.2, -0.15) is 0 Å². The van der Waals surface area contributed by atoms with Gasteiger partial charge in [-0.25, -0.2) is 4.98 Å². The number of aromatic hydroxyl groups is 1. The van der Waals surface area contributed by atoms with E-state index in [4.69, 9.17) is 16.7 Å². The van der Waals surface area contributed by atoms with Crippen molar-refractivity contribution in [3.8, 4) is 11.6 Å². The van der Waals surface area contributed by atoms with E-state index in [2.05, 4.69) is 9.72 Å². The van der Waals surface area contributed by atoms with Crippen LogP contribution in [0.5, 0.6) is 11.6 Å². The van der Waals surface area contributed by atoms with Crippen molar-refractivity contribution in [1.29, 1.82) is 0 Å². The van der Waals surface area contributed by atoms with Gasteiger partial charge < -0.3 is 14.9 Å². The molecule has 2 N–H and O–H groups in total. The highest BCUT2D eigenvalue weighted by Gasteiger charge is 2.34. The molecule has 18 heavy (non-hydrogen) atoms. The van der Waals surface area contributed by atoms with Crippen LogP contribution in [0.3, 0.4) is 0 Å². The van der Waals surface area contributed by atoms with Crippen LogP contribution in [0.4, 0.5) is 13.2 Å². The Bertz CT molecular complexity index is 464. The van der Waals surface area contributed by atoms with Crippen LogP contribution in [0.2, 0.25) is 0 Å². The lowest BCUT2D eigenvalue weighted by Crippen LogP contribution is -2.18. The molecule has 0 atom stereocenters. The number of carbonyl (C=O) groups is 1. The first kappa shape index (κ1) is 14.4. The molecule has 0 aliphatic rings. The molecular formula is C9H7ClF3NO4. The average Bonchev–Trinajstić information content (AvgIpc) is 2.22. The molecule has 100 valence electrons. The number of halogens is 4. The summed E-state index contributed by atoms with van der Waals surface area (Å²) in [5.74, 6) is -3.61. The fraction of sp³-hybridized carbons (Fsp3) is 0.333. The molecule has 9 heteroatoms. The second-order valence-electron chi connectivity index (χ2n) is 3.17. The van der Waals surface area contributed by atoms with Gasteiger partial charge in [-0.1, -0.05) is 0 Å². The van der Waals surface area contributed by atoms with E-state index in [0.29, 0.717) is 0 Å². The quantitative estimate of drug-likeness (QED) is 0.828. The lowest BCUT2D eigenvalue weighted by atomic mass is 10.1. The van der Waals surface area contributed by atoms with Crippen molar-refractivity contribution in [3.63, 3.8) is 0 Å². The maximum Gasteiger partial charge on any atom is 0.574 e. The summed E-state index contributed by atoms with van der Waals surface area (Å²) in [4.78, 5) is 13.8. The number of rotatable bonds is 4. The molecule has 0 aromatic carbocycles. The van der Waals surface area contributed by atoms with Crippen LogP contribution in [0, 0.1) is 0 Å². The SMILES string of the molecule is O=C(O)Cc1c(CCl)cnc(OC(F)(F)F)c1O. The molecule has 0 saturated heterocycles. The lowest BCUT2D eigenvalue weighted by molar-refractivity contribution is -0.276. The molecule has 0 unspecified atom stereocenters. The topological polar surface area (TPSA) is 79.7 Å². The number of carboxylic acids is 1. The van der Waals surface area contributed by atoms with Crippen molar-refractivity contribution in [3.05, 3.63) is 17.3 Å². The molecule has 0 bridgehead atoms. The molecule has 0 amide bonds. The summed E-state index contributed by atoms with van der Waals surface area (Å²) in [7, 11) is 0. The Morgan fingerprint density at radius 3 is 2.56 bits per heavy atom. The number of hydrogen-bond acceptors (Lipinski definition) is 4. The van der Waals surface area contributed by atoms with E-state index in [1.54, 1.807) is 0 Å². The van der Waals surface area contributed by atoms with Gasteiger partial charge in [0.25, 0.3) is 5.88 Å². The molecule has 0 aliphatic carbocycles. The largest absolute Gasteiger partial charge is 0.574 e. The molecule has 0 saturated carbocycles. The predicted molar refractivity (Wildman–Crippen MR) is 53.5 cm³/mol. The van der Waals surface area contributed by atoms with Crippen LogP contribution in [-0.4, -0.2) is 27.5 Å². The van der Waals surface area contributed by atoms with Gasteiger partial charge in [0, 0.05) is 17.6 Å². The van der Waals surface area contributed by atoms with E-state index in [1.807, 2.05) is 0 Å². The van der Waals surface area contributed by atoms with E-state index in [9.17, 15) is 23.1 Å². The molecular weight excluding hydrogens is 279 g/mol. The molecule has 0 radical (unpaired) electrons. The third kappa shape index (κ3) is 3.66. The molecule has 1 rings (SSSR count). The number of carboxylic acid groups (broad SMARTS) is 1. The Balaban J connectivity index is 3.20. The molecule has 0 spiro atoms. The summed E-state index contributed by atoms with van der Waals surface area (Å²) < 4.78 is 39.4. The van der Waals surface area contributed by atoms with Gasteiger partial charge in [0.2, 0.25) is 0 Å². The Morgan fingerprint density at radius 1 is 1.50 bits per heavy atom. The van der Waals surface area contributed by atoms with Crippen LogP contribution in [0.25, 0.3) is 0 Å². The van der Waals surface area contributed by atoms with Gasteiger partial charge in [-0.05, 0) is 5.56 Å². The predicted octanol–water partition coefficient (Wildman–Crippen LogP) is 2.05. The van der Waals surface area contributed by atoms with Gasteiger partial charge in [-0.3, -0.25) is 4.79 Å². The van der Waals surface area contributed by atoms with Gasteiger partial charge in [0.15, 0.2) is 5.75 Å². The molecule has 5 nitrogen and oxygen atoms in total. The summed E-state index contributed by atoms with van der Waals surface area (Å²) in [5, 5.41) is 18.1. The third-order valence-electron chi connectivity index (χ3n) is 1.90. The minimum Gasteiger partial charge on any atom is -0.503 e. The first-order chi connectivity index (χ1) is 8.24. The fourth-order valence-corrected chi connectivity index (χ4v) is 1.44. The van der Waals surface area contributed by atoms with Crippen LogP contribution < -0.4 is 4.74 Å². The highest BCUT2D eigenvalue weighted by molar-refractivity contribution is 6.17. The molecule has 0 fully saturated rings. The van der Waals surface area contributed by atoms with Gasteiger partial charge in [-0.15, -0.1) is 24.8 Å². The number of aliphatic carboxylic acids is 1. The number of hydrogen-bond donors (Lipinski definition) is 2. The van der Waals surface area contributed by atoms with Crippen molar-refractivity contribution < 1.29 is 32.9 Å². The first-order valence-corrected chi connectivity index (χ1v) is 5.01. The Hall–Kier alpha value is -1.70. The summed E-state index contributed by atoms with van der Waals surface area (Å²) in [5.41, 5.74) is -0.141. The smallest absolute Gasteiger partial charge is 0.503 e. The lowest BCUT2D eigenvalue weighted by Gasteiger charge is -2.13. The standard InChI is InChI=1S/C9H7ClF3NO4/c10-2-4-3-14-8(18-9(11,12)13)7(17)5(4)1-6(15)16/h3,17H,1-2H2,(H,15,16). The van der Waals surface area contributed by atoms with Crippen LogP contribution >= 0.6 is 11.6 Å². The average molecular weight is 286 g/mol. The fourth-order valence-electron chi connectivity index (χ4n) is 1.20. The van der Waals surface area contributed by atoms with Gasteiger partial charge >= 0.3 is 12.3 Å². The zero-order valence-corrected chi connectivity index (χ0v) is 9.42. The molecule has 1 aromatic heterocycles. The Kier molecular flexibility index (Phi) is 4.23. The van der Waals surface area contributed by atoms with Crippen LogP contribution in [0.15, 0.2) is 6.20 Å². The monoisotopic (exact) mass is 285 g/mol. The summed E-state index contributed by atoms with van der Waals surface area (Å²) in [6.07, 6.45) is -4.80. The number of pyridine rings is 1. The highest BCUT2D eigenvalue weighted by atomic mass is 35.5. The Morgan fingerprint density at radius 2 is 2.11 bits per heavy atom. The zero-order chi connectivity index (χ0) is 13.9. The van der Waals surface area contributed by atoms with E-state index in [1.165, 1.54) is 0 Å². The van der Waals surface area contributed by atoms with E-state index < -0.39 is 30.4 Å². The first-order valence-electron chi connectivity index (χ1n) is 4.47. The summed E-state index contributed by atoms with van der Waals surface area (Å²) in [6, 6.07) is 0. The minimum atomic E-state index is -5.03. The van der Waals surface area contributed by atoms with E-state index in [0.717, 1.165) is 6.20 Å². The van der Waals surface area contributed by atoms with E-state index in [-0.39, 0.29) is 17.0 Å². The summed E-state index contributed by atoms with van der Waals surface area (Å²) >= 11 is 5.47. The maximum absolute atomic E-state index is 12.0. The van der Waals surface area contributed by atoms with Gasteiger partial charge in [0.1, 0.15) is 0 Å². The third-order valence-corrected chi connectivity index (χ3v) is 2.19. The van der Waals surface area contributed by atoms with E-state index >= 15 is 0 Å². The molecule has 1 aromatic rings. The van der Waals surface area contributed by atoms with Crippen molar-refractivity contribution in [2.75, 3.05) is 0 Å². The Labute approximate surface area is 104 Å². The second-order valence-corrected chi connectivity index (χ2v) is 3.43. The van der Waals surface area contributed by atoms with Crippen molar-refractivity contribution in [1.82, 2.24) is 4.98 Å². The number of aromatic nitrogens is 1. The zero-order valence-electron chi connectivity index (χ0n) is 8.66. The number of alkyl halides is 4. The normalized spacial score (nSPS) is 11.3. The van der Waals surface area contributed by atoms with Crippen LogP contribution in [-0.2, 0) is 17.1 Å². The minimum absolute atomic E-state index is 0.117. The summed E-state index contributed by atoms with van der Waals surface area (Å²) in [6.45, 7) is 0. The molecule has 0 aliphatic heterocycles. The van der Waals surface area contributed by atoms with Crippen molar-refractivity contribution >= 4 is 17.6 Å². The van der Waals surface area contributed by atoms with Crippen molar-refractivity contribution in [2.24, 2.45) is 0 Å². The number of nitrogens with zero attached hydrogens (tertiary/aromatic N) is 1. The van der Waals surface area contributed by atoms with Crippen molar-refractivity contribution in [2.45, 2.75) is 18.7 Å². The maximum atomic E-state index is 12.0. The van der Waals surface area contributed by atoms with Gasteiger partial charge in [0.05, 0.1) is 6.42 Å². The number of ether oxygens (including phenoxy) is 1.